The molecule has 0 spiro atoms. The number of para-hydroxylation sites is 1. The van der Waals surface area contributed by atoms with Gasteiger partial charge in [-0.15, -0.1) is 0 Å². The van der Waals surface area contributed by atoms with Gasteiger partial charge < -0.3 is 13.4 Å². The van der Waals surface area contributed by atoms with Crippen LogP contribution in [-0.4, -0.2) is 16.1 Å². The zero-order chi connectivity index (χ0) is 34.8. The van der Waals surface area contributed by atoms with E-state index in [2.05, 4.69) is 120 Å². The molecular formula is C47H33N3O2. The van der Waals surface area contributed by atoms with Crippen LogP contribution in [0.3, 0.4) is 0 Å². The van der Waals surface area contributed by atoms with Crippen LogP contribution in [0.1, 0.15) is 59.0 Å². The Kier molecular flexibility index (Phi) is 6.97. The maximum atomic E-state index is 6.31. The highest BCUT2D eigenvalue weighted by molar-refractivity contribution is 6.21. The number of hydrogen-bond acceptors (Lipinski definition) is 3. The summed E-state index contributed by atoms with van der Waals surface area (Å²) in [4.78, 5) is 10.5. The number of aryl methyl sites for hydroxylation is 2. The Balaban J connectivity index is 1.16. The highest BCUT2D eigenvalue weighted by Crippen LogP contribution is 2.36. The summed E-state index contributed by atoms with van der Waals surface area (Å²) in [5.41, 5.74) is 12.5. The highest BCUT2D eigenvalue weighted by atomic mass is 16.3. The van der Waals surface area contributed by atoms with Crippen LogP contribution >= 0.6 is 0 Å². The Labute approximate surface area is 301 Å². The molecule has 0 atom stereocenters. The van der Waals surface area contributed by atoms with Crippen LogP contribution in [0.4, 0.5) is 0 Å². The molecule has 0 N–H and O–H groups in total. The Morgan fingerprint density at radius 3 is 2.54 bits per heavy atom. The molecule has 2 aliphatic rings. The van der Waals surface area contributed by atoms with E-state index in [0.717, 1.165) is 92.4 Å². The molecule has 0 amide bonds. The molecule has 5 aromatic carbocycles. The van der Waals surface area contributed by atoms with Gasteiger partial charge in [0.1, 0.15) is 16.9 Å². The van der Waals surface area contributed by atoms with Crippen molar-refractivity contribution in [1.82, 2.24) is 4.57 Å². The van der Waals surface area contributed by atoms with Gasteiger partial charge in [-0.05, 0) is 92.4 Å². The standard InChI is InChI=1S/C47H33N3O2/c1-29(31-23-26-38-37-16-7-10-20-42(37)52-45(38)28-31)48-47(49-30(2)34-18-12-22-44-46(34)39-17-8-11-21-43(39)51-44)32-24-25-36-35-15-6-9-19-40(35)50(41(36)27-32)33-13-4-3-5-14-33/h3-5,7-9,12-14,16-19,22-28H,1,6,10,15,20H2,2H3. The zero-order valence-corrected chi connectivity index (χ0v) is 28.7. The van der Waals surface area contributed by atoms with Gasteiger partial charge in [-0.25, -0.2) is 9.98 Å². The lowest BCUT2D eigenvalue weighted by Gasteiger charge is -2.12. The normalized spacial score (nSPS) is 14.3. The van der Waals surface area contributed by atoms with Gasteiger partial charge in [-0.3, -0.25) is 0 Å². The molecule has 0 radical (unpaired) electrons. The van der Waals surface area contributed by atoms with E-state index in [0.29, 0.717) is 17.1 Å². The minimum Gasteiger partial charge on any atom is -0.460 e. The molecule has 248 valence electrons. The van der Waals surface area contributed by atoms with Gasteiger partial charge in [0.2, 0.25) is 0 Å². The molecule has 0 aliphatic heterocycles. The van der Waals surface area contributed by atoms with E-state index < -0.39 is 0 Å². The number of hydrogen-bond donors (Lipinski definition) is 0. The third-order valence-corrected chi connectivity index (χ3v) is 10.4. The van der Waals surface area contributed by atoms with Gasteiger partial charge in [0.05, 0.1) is 11.2 Å². The van der Waals surface area contributed by atoms with E-state index in [1.165, 1.54) is 22.2 Å². The van der Waals surface area contributed by atoms with Crippen molar-refractivity contribution in [3.8, 4) is 5.69 Å². The summed E-state index contributed by atoms with van der Waals surface area (Å²) >= 11 is 0. The molecule has 0 saturated heterocycles. The highest BCUT2D eigenvalue weighted by Gasteiger charge is 2.21. The van der Waals surface area contributed by atoms with Crippen molar-refractivity contribution in [2.24, 2.45) is 9.98 Å². The second-order valence-electron chi connectivity index (χ2n) is 13.5. The lowest BCUT2D eigenvalue weighted by Crippen LogP contribution is -2.05. The average Bonchev–Trinajstić information content (AvgIpc) is 3.86. The molecule has 0 fully saturated rings. The number of nitrogens with zero attached hydrogens (tertiary/aromatic N) is 3. The maximum absolute atomic E-state index is 6.31. The minimum absolute atomic E-state index is 0.574. The average molecular weight is 672 g/mol. The van der Waals surface area contributed by atoms with Crippen LogP contribution < -0.4 is 0 Å². The zero-order valence-electron chi connectivity index (χ0n) is 28.7. The molecule has 0 saturated carbocycles. The predicted octanol–water partition coefficient (Wildman–Crippen LogP) is 11.7. The fourth-order valence-corrected chi connectivity index (χ4v) is 7.88. The number of aromatic nitrogens is 1. The van der Waals surface area contributed by atoms with Crippen molar-refractivity contribution < 1.29 is 8.83 Å². The number of furan rings is 2. The summed E-state index contributed by atoms with van der Waals surface area (Å²) < 4.78 is 14.8. The molecule has 8 aromatic rings. The van der Waals surface area contributed by atoms with Crippen LogP contribution in [0.2, 0.25) is 0 Å². The lowest BCUT2D eigenvalue weighted by atomic mass is 10.00. The van der Waals surface area contributed by atoms with E-state index >= 15 is 0 Å². The Hall–Kier alpha value is -6.64. The third-order valence-electron chi connectivity index (χ3n) is 10.4. The van der Waals surface area contributed by atoms with Crippen molar-refractivity contribution in [2.45, 2.75) is 32.6 Å². The summed E-state index contributed by atoms with van der Waals surface area (Å²) in [6.07, 6.45) is 12.8. The molecule has 2 aliphatic carbocycles. The summed E-state index contributed by atoms with van der Waals surface area (Å²) in [7, 11) is 0. The molecule has 3 aromatic heterocycles. The molecule has 5 heteroatoms. The first-order chi connectivity index (χ1) is 25.6. The van der Waals surface area contributed by atoms with Gasteiger partial charge >= 0.3 is 0 Å². The summed E-state index contributed by atoms with van der Waals surface area (Å²) in [6.45, 7) is 6.51. The monoisotopic (exact) mass is 671 g/mol. The van der Waals surface area contributed by atoms with Gasteiger partial charge in [0.25, 0.3) is 0 Å². The van der Waals surface area contributed by atoms with Gasteiger partial charge in [-0.2, -0.15) is 0 Å². The van der Waals surface area contributed by atoms with E-state index in [1.54, 1.807) is 0 Å². The first-order valence-corrected chi connectivity index (χ1v) is 17.8. The van der Waals surface area contributed by atoms with Crippen LogP contribution in [0, 0.1) is 12.1 Å². The molecule has 52 heavy (non-hydrogen) atoms. The fourth-order valence-electron chi connectivity index (χ4n) is 7.88. The van der Waals surface area contributed by atoms with Crippen molar-refractivity contribution >= 4 is 73.2 Å². The molecule has 0 unspecified atom stereocenters. The Morgan fingerprint density at radius 2 is 1.62 bits per heavy atom. The summed E-state index contributed by atoms with van der Waals surface area (Å²) in [5.74, 6) is 1.61. The molecule has 10 rings (SSSR count). The quantitative estimate of drug-likeness (QED) is 0.135. The van der Waals surface area contributed by atoms with Crippen LogP contribution in [-0.2, 0) is 12.8 Å². The second kappa shape index (κ2) is 12.0. The van der Waals surface area contributed by atoms with Crippen LogP contribution in [0.5, 0.6) is 0 Å². The molecule has 0 bridgehead atoms. The Morgan fingerprint density at radius 1 is 0.769 bits per heavy atom. The van der Waals surface area contributed by atoms with E-state index in [-0.39, 0.29) is 0 Å². The van der Waals surface area contributed by atoms with Crippen molar-refractivity contribution in [2.75, 3.05) is 0 Å². The summed E-state index contributed by atoms with van der Waals surface area (Å²) in [5, 5.41) is 4.33. The Bertz CT molecular complexity index is 2870. The third kappa shape index (κ3) is 4.87. The largest absolute Gasteiger partial charge is 0.460 e. The smallest absolute Gasteiger partial charge is 0.185 e. The number of rotatable bonds is 5. The van der Waals surface area contributed by atoms with E-state index in [9.17, 15) is 0 Å². The number of aliphatic imine (C=N–C) groups is 2. The first-order valence-electron chi connectivity index (χ1n) is 17.8. The molecule has 3 heterocycles. The summed E-state index contributed by atoms with van der Waals surface area (Å²) in [6, 6.07) is 39.5. The number of fused-ring (bicyclic) bond motifs is 9. The number of amidine groups is 1. The van der Waals surface area contributed by atoms with Crippen LogP contribution in [0.15, 0.2) is 135 Å². The van der Waals surface area contributed by atoms with Crippen molar-refractivity contribution in [3.63, 3.8) is 0 Å². The number of benzene rings is 4. The lowest BCUT2D eigenvalue weighted by molar-refractivity contribution is 0.546. The van der Waals surface area contributed by atoms with Gasteiger partial charge in [0.15, 0.2) is 11.4 Å². The SMILES string of the molecule is C=C(N=C(N=C(C)c1cccc2oc3c#cccc3c12)c1ccc2c3c(n(-c4ccccc4)c2c1)C=CCC3)c1ccc2c3c(oc2c1)CCC=C3. The topological polar surface area (TPSA) is 55.9 Å². The fraction of sp³-hybridized carbons (Fsp3) is 0.106. The second-order valence-corrected chi connectivity index (χ2v) is 13.5. The molecular weight excluding hydrogens is 639 g/mol. The predicted molar refractivity (Wildman–Crippen MR) is 213 cm³/mol. The minimum atomic E-state index is 0.574. The van der Waals surface area contributed by atoms with Gasteiger partial charge in [0, 0.05) is 67.3 Å². The first kappa shape index (κ1) is 30.2. The number of allylic oxidation sites excluding steroid dienone is 2. The van der Waals surface area contributed by atoms with Crippen molar-refractivity contribution in [3.05, 3.63) is 167 Å². The van der Waals surface area contributed by atoms with Crippen LogP contribution in [0.25, 0.3) is 67.3 Å². The molecule has 5 nitrogen and oxygen atoms in total. The van der Waals surface area contributed by atoms with E-state index in [1.807, 2.05) is 31.2 Å². The van der Waals surface area contributed by atoms with Crippen molar-refractivity contribution in [1.29, 1.82) is 0 Å². The van der Waals surface area contributed by atoms with Gasteiger partial charge in [-0.1, -0.05) is 79.4 Å². The maximum Gasteiger partial charge on any atom is 0.185 e. The van der Waals surface area contributed by atoms with E-state index in [4.69, 9.17) is 18.8 Å².